The summed E-state index contributed by atoms with van der Waals surface area (Å²) in [4.78, 5) is 10.9. The monoisotopic (exact) mass is 180 g/mol. The number of aliphatic hydroxyl groups is 1. The molecule has 0 amide bonds. The summed E-state index contributed by atoms with van der Waals surface area (Å²) in [6.07, 6.45) is -1.18. The van der Waals surface area contributed by atoms with E-state index in [-0.39, 0.29) is 0 Å². The Hall–Kier alpha value is -1.35. The largest absolute Gasteiger partial charge is 0.467 e. The van der Waals surface area contributed by atoms with Crippen LogP contribution in [0, 0.1) is 6.92 Å². The Bertz CT molecular complexity index is 290. The topological polar surface area (TPSA) is 46.5 Å². The summed E-state index contributed by atoms with van der Waals surface area (Å²) in [6.45, 7) is 1.94. The molecule has 3 heteroatoms. The third-order valence-electron chi connectivity index (χ3n) is 1.82. The SMILES string of the molecule is COC(=O)[C@H](O)c1ccc(C)cc1. The van der Waals surface area contributed by atoms with E-state index in [0.29, 0.717) is 5.56 Å². The molecule has 70 valence electrons. The van der Waals surface area contributed by atoms with Gasteiger partial charge in [-0.05, 0) is 12.5 Å². The first-order chi connectivity index (χ1) is 6.15. The quantitative estimate of drug-likeness (QED) is 0.695. The molecule has 0 aromatic heterocycles. The molecule has 13 heavy (non-hydrogen) atoms. The second-order valence-electron chi connectivity index (χ2n) is 2.84. The Morgan fingerprint density at radius 3 is 2.38 bits per heavy atom. The molecule has 1 atom stereocenters. The molecule has 1 aromatic rings. The molecule has 3 nitrogen and oxygen atoms in total. The molecule has 0 fully saturated rings. The van der Waals surface area contributed by atoms with Gasteiger partial charge in [-0.3, -0.25) is 0 Å². The van der Waals surface area contributed by atoms with Gasteiger partial charge in [-0.1, -0.05) is 29.8 Å². The predicted octanol–water partition coefficient (Wildman–Crippen LogP) is 1.20. The van der Waals surface area contributed by atoms with Crippen molar-refractivity contribution >= 4 is 5.97 Å². The Balaban J connectivity index is 2.83. The lowest BCUT2D eigenvalue weighted by molar-refractivity contribution is -0.150. The second kappa shape index (κ2) is 4.05. The van der Waals surface area contributed by atoms with E-state index in [1.807, 2.05) is 19.1 Å². The molecule has 1 N–H and O–H groups in total. The third kappa shape index (κ3) is 2.29. The van der Waals surface area contributed by atoms with E-state index in [2.05, 4.69) is 4.74 Å². The van der Waals surface area contributed by atoms with Crippen LogP contribution in [0.5, 0.6) is 0 Å². The van der Waals surface area contributed by atoms with Gasteiger partial charge in [0.2, 0.25) is 0 Å². The second-order valence-corrected chi connectivity index (χ2v) is 2.84. The average Bonchev–Trinajstić information content (AvgIpc) is 2.17. The first-order valence-electron chi connectivity index (χ1n) is 3.97. The van der Waals surface area contributed by atoms with Crippen molar-refractivity contribution in [2.24, 2.45) is 0 Å². The summed E-state index contributed by atoms with van der Waals surface area (Å²) in [5.41, 5.74) is 1.64. The van der Waals surface area contributed by atoms with Gasteiger partial charge in [-0.2, -0.15) is 0 Å². The predicted molar refractivity (Wildman–Crippen MR) is 48.2 cm³/mol. The number of benzene rings is 1. The summed E-state index contributed by atoms with van der Waals surface area (Å²) in [5.74, 6) is -0.635. The van der Waals surface area contributed by atoms with Crippen LogP contribution >= 0.6 is 0 Å². The van der Waals surface area contributed by atoms with E-state index in [4.69, 9.17) is 0 Å². The van der Waals surface area contributed by atoms with Gasteiger partial charge in [0.15, 0.2) is 6.10 Å². The van der Waals surface area contributed by atoms with Gasteiger partial charge in [0, 0.05) is 0 Å². The molecule has 0 saturated heterocycles. The fourth-order valence-electron chi connectivity index (χ4n) is 0.996. The Morgan fingerprint density at radius 1 is 1.38 bits per heavy atom. The molecule has 0 bridgehead atoms. The van der Waals surface area contributed by atoms with E-state index in [1.54, 1.807) is 12.1 Å². The third-order valence-corrected chi connectivity index (χ3v) is 1.82. The number of methoxy groups -OCH3 is 1. The highest BCUT2D eigenvalue weighted by atomic mass is 16.5. The maximum atomic E-state index is 10.9. The van der Waals surface area contributed by atoms with Gasteiger partial charge >= 0.3 is 5.97 Å². The van der Waals surface area contributed by atoms with Crippen molar-refractivity contribution in [1.29, 1.82) is 0 Å². The fourth-order valence-corrected chi connectivity index (χ4v) is 0.996. The average molecular weight is 180 g/mol. The number of aryl methyl sites for hydroxylation is 1. The lowest BCUT2D eigenvalue weighted by Crippen LogP contribution is -2.13. The summed E-state index contributed by atoms with van der Waals surface area (Å²) >= 11 is 0. The lowest BCUT2D eigenvalue weighted by atomic mass is 10.1. The van der Waals surface area contributed by atoms with Crippen LogP contribution in [0.2, 0.25) is 0 Å². The van der Waals surface area contributed by atoms with E-state index >= 15 is 0 Å². The summed E-state index contributed by atoms with van der Waals surface area (Å²) < 4.78 is 4.41. The molecule has 0 unspecified atom stereocenters. The zero-order valence-electron chi connectivity index (χ0n) is 7.65. The Labute approximate surface area is 77.0 Å². The van der Waals surface area contributed by atoms with E-state index < -0.39 is 12.1 Å². The highest BCUT2D eigenvalue weighted by Gasteiger charge is 2.16. The Kier molecular flexibility index (Phi) is 3.03. The number of ether oxygens (including phenoxy) is 1. The fraction of sp³-hybridized carbons (Fsp3) is 0.300. The standard InChI is InChI=1S/C10H12O3/c1-7-3-5-8(6-4-7)9(11)10(12)13-2/h3-6,9,11H,1-2H3/t9-/m1/s1. The van der Waals surface area contributed by atoms with Crippen molar-refractivity contribution in [2.45, 2.75) is 13.0 Å². The van der Waals surface area contributed by atoms with Gasteiger partial charge in [0.05, 0.1) is 7.11 Å². The first kappa shape index (κ1) is 9.74. The number of carbonyl (C=O) groups excluding carboxylic acids is 1. The molecule has 1 rings (SSSR count). The van der Waals surface area contributed by atoms with Crippen molar-refractivity contribution in [1.82, 2.24) is 0 Å². The van der Waals surface area contributed by atoms with Gasteiger partial charge in [0.1, 0.15) is 0 Å². The molecule has 0 aliphatic heterocycles. The number of rotatable bonds is 2. The summed E-state index contributed by atoms with van der Waals surface area (Å²) in [5, 5.41) is 9.41. The molecule has 1 aromatic carbocycles. The zero-order valence-corrected chi connectivity index (χ0v) is 7.65. The Morgan fingerprint density at radius 2 is 1.92 bits per heavy atom. The number of hydrogen-bond acceptors (Lipinski definition) is 3. The van der Waals surface area contributed by atoms with Crippen LogP contribution in [-0.2, 0) is 9.53 Å². The van der Waals surface area contributed by atoms with Crippen LogP contribution in [0.1, 0.15) is 17.2 Å². The molecule has 0 saturated carbocycles. The summed E-state index contributed by atoms with van der Waals surface area (Å²) in [6, 6.07) is 7.08. The minimum atomic E-state index is -1.18. The van der Waals surface area contributed by atoms with Crippen LogP contribution in [-0.4, -0.2) is 18.2 Å². The van der Waals surface area contributed by atoms with Crippen molar-refractivity contribution in [3.63, 3.8) is 0 Å². The van der Waals surface area contributed by atoms with Crippen molar-refractivity contribution in [3.8, 4) is 0 Å². The van der Waals surface area contributed by atoms with Crippen LogP contribution in [0.15, 0.2) is 24.3 Å². The van der Waals surface area contributed by atoms with Gasteiger partial charge in [0.25, 0.3) is 0 Å². The molecular formula is C10H12O3. The number of esters is 1. The van der Waals surface area contributed by atoms with Crippen molar-refractivity contribution < 1.29 is 14.6 Å². The molecule has 0 heterocycles. The maximum Gasteiger partial charge on any atom is 0.339 e. The van der Waals surface area contributed by atoms with Gasteiger partial charge < -0.3 is 9.84 Å². The number of aliphatic hydroxyl groups excluding tert-OH is 1. The van der Waals surface area contributed by atoms with Crippen molar-refractivity contribution in [2.75, 3.05) is 7.11 Å². The molecule has 0 spiro atoms. The van der Waals surface area contributed by atoms with Gasteiger partial charge in [-0.15, -0.1) is 0 Å². The summed E-state index contributed by atoms with van der Waals surface area (Å²) in [7, 11) is 1.25. The normalized spacial score (nSPS) is 12.2. The van der Waals surface area contributed by atoms with Gasteiger partial charge in [-0.25, -0.2) is 4.79 Å². The van der Waals surface area contributed by atoms with E-state index in [0.717, 1.165) is 5.56 Å². The minimum absolute atomic E-state index is 0.553. The highest BCUT2D eigenvalue weighted by Crippen LogP contribution is 2.14. The number of hydrogen-bond donors (Lipinski definition) is 1. The minimum Gasteiger partial charge on any atom is -0.467 e. The zero-order chi connectivity index (χ0) is 9.84. The van der Waals surface area contributed by atoms with Crippen molar-refractivity contribution in [3.05, 3.63) is 35.4 Å². The van der Waals surface area contributed by atoms with Crippen LogP contribution < -0.4 is 0 Å². The van der Waals surface area contributed by atoms with Crippen LogP contribution in [0.3, 0.4) is 0 Å². The smallest absolute Gasteiger partial charge is 0.339 e. The highest BCUT2D eigenvalue weighted by molar-refractivity contribution is 5.76. The first-order valence-corrected chi connectivity index (χ1v) is 3.97. The van der Waals surface area contributed by atoms with Crippen LogP contribution in [0.4, 0.5) is 0 Å². The molecule has 0 radical (unpaired) electrons. The van der Waals surface area contributed by atoms with Crippen LogP contribution in [0.25, 0.3) is 0 Å². The maximum absolute atomic E-state index is 10.9. The van der Waals surface area contributed by atoms with E-state index in [9.17, 15) is 9.90 Å². The molecule has 0 aliphatic carbocycles. The van der Waals surface area contributed by atoms with E-state index in [1.165, 1.54) is 7.11 Å². The molecular weight excluding hydrogens is 168 g/mol. The molecule has 0 aliphatic rings. The lowest BCUT2D eigenvalue weighted by Gasteiger charge is -2.07. The number of carbonyl (C=O) groups is 1.